The van der Waals surface area contributed by atoms with Crippen molar-refractivity contribution in [2.45, 2.75) is 26.1 Å². The zero-order valence-electron chi connectivity index (χ0n) is 10.2. The van der Waals surface area contributed by atoms with Crippen molar-refractivity contribution < 1.29 is 13.5 Å². The smallest absolute Gasteiger partial charge is 0.160 e. The fourth-order valence-electron chi connectivity index (χ4n) is 2.20. The highest BCUT2D eigenvalue weighted by atomic mass is 127. The number of ether oxygens (including phenoxy) is 1. The van der Waals surface area contributed by atoms with Gasteiger partial charge >= 0.3 is 0 Å². The van der Waals surface area contributed by atoms with E-state index in [1.165, 1.54) is 12.1 Å². The van der Waals surface area contributed by atoms with Crippen molar-refractivity contribution in [2.75, 3.05) is 0 Å². The first-order valence-electron chi connectivity index (χ1n) is 5.89. The number of hydrogen-bond donors (Lipinski definition) is 0. The second-order valence-corrected chi connectivity index (χ2v) is 5.57. The van der Waals surface area contributed by atoms with Gasteiger partial charge in [-0.1, -0.05) is 0 Å². The van der Waals surface area contributed by atoms with E-state index in [-0.39, 0.29) is 6.10 Å². The number of nitrogens with zero attached hydrogens (tertiary/aromatic N) is 2. The highest BCUT2D eigenvalue weighted by molar-refractivity contribution is 14.1. The number of hydrogen-bond acceptors (Lipinski definition) is 2. The second kappa shape index (κ2) is 4.82. The Kier molecular flexibility index (Phi) is 3.30. The maximum Gasteiger partial charge on any atom is 0.160 e. The van der Waals surface area contributed by atoms with Crippen molar-refractivity contribution in [3.63, 3.8) is 0 Å². The van der Waals surface area contributed by atoms with Gasteiger partial charge in [0.05, 0.1) is 24.1 Å². The van der Waals surface area contributed by atoms with Crippen LogP contribution in [0.2, 0.25) is 0 Å². The number of benzene rings is 1. The number of halogens is 3. The summed E-state index contributed by atoms with van der Waals surface area (Å²) in [6.07, 6.45) is 0.814. The summed E-state index contributed by atoms with van der Waals surface area (Å²) in [5, 5.41) is 4.40. The van der Waals surface area contributed by atoms with Crippen LogP contribution >= 0.6 is 22.6 Å². The van der Waals surface area contributed by atoms with Crippen LogP contribution in [-0.2, 0) is 17.8 Å². The van der Waals surface area contributed by atoms with Gasteiger partial charge in [-0.2, -0.15) is 5.10 Å². The first-order valence-corrected chi connectivity index (χ1v) is 6.97. The first kappa shape index (κ1) is 13.0. The number of aromatic nitrogens is 2. The average Bonchev–Trinajstić information content (AvgIpc) is 2.70. The third-order valence-corrected chi connectivity index (χ3v) is 4.05. The van der Waals surface area contributed by atoms with Crippen LogP contribution in [0, 0.1) is 15.3 Å². The quantitative estimate of drug-likeness (QED) is 0.715. The van der Waals surface area contributed by atoms with Crippen LogP contribution in [0.1, 0.15) is 18.2 Å². The summed E-state index contributed by atoms with van der Waals surface area (Å²) in [6, 6.07) is 3.81. The molecule has 3 nitrogen and oxygen atoms in total. The predicted octanol–water partition coefficient (Wildman–Crippen LogP) is 3.22. The molecule has 1 aliphatic rings. The Bertz CT molecular complexity index is 642. The Morgan fingerprint density at radius 3 is 2.89 bits per heavy atom. The van der Waals surface area contributed by atoms with E-state index in [9.17, 15) is 8.78 Å². The van der Waals surface area contributed by atoms with E-state index in [4.69, 9.17) is 4.74 Å². The van der Waals surface area contributed by atoms with Gasteiger partial charge in [0.1, 0.15) is 3.70 Å². The molecule has 0 saturated heterocycles. The Balaban J connectivity index is 2.12. The standard InChI is InChI=1S/C13H11F2IN2O/c1-7-4-12-9(6-19-7)13(16)17-18(12)8-2-3-10(14)11(15)5-8/h2-3,5,7H,4,6H2,1H3/t7-/m0/s1. The van der Waals surface area contributed by atoms with Crippen LogP contribution in [0.4, 0.5) is 8.78 Å². The lowest BCUT2D eigenvalue weighted by Gasteiger charge is -2.20. The lowest BCUT2D eigenvalue weighted by atomic mass is 10.1. The zero-order chi connectivity index (χ0) is 13.6. The maximum atomic E-state index is 13.3. The van der Waals surface area contributed by atoms with Crippen LogP contribution in [0.15, 0.2) is 18.2 Å². The van der Waals surface area contributed by atoms with E-state index >= 15 is 0 Å². The lowest BCUT2D eigenvalue weighted by Crippen LogP contribution is -2.21. The average molecular weight is 376 g/mol. The van der Waals surface area contributed by atoms with Crippen LogP contribution in [0.5, 0.6) is 0 Å². The van der Waals surface area contributed by atoms with E-state index in [1.54, 1.807) is 4.68 Å². The van der Waals surface area contributed by atoms with Gasteiger partial charge in [0.2, 0.25) is 0 Å². The second-order valence-electron chi connectivity index (χ2n) is 4.55. The molecule has 0 saturated carbocycles. The molecule has 100 valence electrons. The van der Waals surface area contributed by atoms with Gasteiger partial charge in [-0.15, -0.1) is 0 Å². The number of fused-ring (bicyclic) bond motifs is 1. The fraction of sp³-hybridized carbons (Fsp3) is 0.308. The highest BCUT2D eigenvalue weighted by Crippen LogP contribution is 2.27. The number of rotatable bonds is 1. The third-order valence-electron chi connectivity index (χ3n) is 3.18. The molecule has 2 heterocycles. The van der Waals surface area contributed by atoms with Crippen molar-refractivity contribution in [1.82, 2.24) is 9.78 Å². The fourth-order valence-corrected chi connectivity index (χ4v) is 2.88. The molecule has 6 heteroatoms. The van der Waals surface area contributed by atoms with Crippen LogP contribution < -0.4 is 0 Å². The van der Waals surface area contributed by atoms with Gasteiger partial charge < -0.3 is 4.74 Å². The molecular weight excluding hydrogens is 365 g/mol. The van der Waals surface area contributed by atoms with Crippen LogP contribution in [-0.4, -0.2) is 15.9 Å². The molecule has 1 aromatic heterocycles. The Morgan fingerprint density at radius 2 is 2.16 bits per heavy atom. The molecule has 19 heavy (non-hydrogen) atoms. The Labute approximate surface area is 122 Å². The maximum absolute atomic E-state index is 13.3. The zero-order valence-corrected chi connectivity index (χ0v) is 12.3. The molecule has 0 aliphatic carbocycles. The van der Waals surface area contributed by atoms with E-state index in [2.05, 4.69) is 27.7 Å². The largest absolute Gasteiger partial charge is 0.373 e. The van der Waals surface area contributed by atoms with Gasteiger partial charge in [-0.3, -0.25) is 0 Å². The topological polar surface area (TPSA) is 27.1 Å². The van der Waals surface area contributed by atoms with Crippen molar-refractivity contribution >= 4 is 22.6 Å². The van der Waals surface area contributed by atoms with E-state index in [0.29, 0.717) is 18.7 Å². The van der Waals surface area contributed by atoms with Gasteiger partial charge in [-0.25, -0.2) is 13.5 Å². The normalized spacial score (nSPS) is 18.4. The Morgan fingerprint density at radius 1 is 1.37 bits per heavy atom. The molecule has 0 bridgehead atoms. The molecule has 1 aromatic carbocycles. The van der Waals surface area contributed by atoms with Gasteiger partial charge in [0.25, 0.3) is 0 Å². The molecule has 0 N–H and O–H groups in total. The lowest BCUT2D eigenvalue weighted by molar-refractivity contribution is 0.0395. The van der Waals surface area contributed by atoms with Crippen molar-refractivity contribution in [1.29, 1.82) is 0 Å². The van der Waals surface area contributed by atoms with E-state index in [0.717, 1.165) is 21.0 Å². The molecule has 3 rings (SSSR count). The van der Waals surface area contributed by atoms with Gasteiger partial charge in [-0.05, 0) is 41.6 Å². The minimum absolute atomic E-state index is 0.101. The summed E-state index contributed by atoms with van der Waals surface area (Å²) in [5.74, 6) is -1.71. The molecule has 0 radical (unpaired) electrons. The van der Waals surface area contributed by atoms with Crippen molar-refractivity contribution in [2.24, 2.45) is 0 Å². The molecule has 0 spiro atoms. The van der Waals surface area contributed by atoms with Gasteiger partial charge in [0, 0.05) is 18.1 Å². The van der Waals surface area contributed by atoms with Crippen molar-refractivity contribution in [3.05, 3.63) is 44.8 Å². The Hall–Kier alpha value is -1.02. The molecule has 1 aliphatic heterocycles. The van der Waals surface area contributed by atoms with E-state index < -0.39 is 11.6 Å². The summed E-state index contributed by atoms with van der Waals surface area (Å²) < 4.78 is 34.4. The minimum atomic E-state index is -0.864. The first-order chi connectivity index (χ1) is 9.06. The SMILES string of the molecule is C[C@H]1Cc2c(c(I)nn2-c2ccc(F)c(F)c2)CO1. The monoisotopic (exact) mass is 376 g/mol. The van der Waals surface area contributed by atoms with E-state index in [1.807, 2.05) is 6.92 Å². The third kappa shape index (κ3) is 2.27. The summed E-state index contributed by atoms with van der Waals surface area (Å²) in [6.45, 7) is 2.50. The summed E-state index contributed by atoms with van der Waals surface area (Å²) in [4.78, 5) is 0. The molecule has 1 atom stereocenters. The minimum Gasteiger partial charge on any atom is -0.373 e. The summed E-state index contributed by atoms with van der Waals surface area (Å²) in [5.41, 5.74) is 2.57. The molecule has 0 unspecified atom stereocenters. The molecule has 0 amide bonds. The highest BCUT2D eigenvalue weighted by Gasteiger charge is 2.24. The van der Waals surface area contributed by atoms with Gasteiger partial charge in [0.15, 0.2) is 11.6 Å². The van der Waals surface area contributed by atoms with Crippen LogP contribution in [0.3, 0.4) is 0 Å². The molecule has 2 aromatic rings. The van der Waals surface area contributed by atoms with Crippen molar-refractivity contribution in [3.8, 4) is 5.69 Å². The molecular formula is C13H11F2IN2O. The van der Waals surface area contributed by atoms with Crippen LogP contribution in [0.25, 0.3) is 5.69 Å². The molecule has 0 fully saturated rings. The summed E-state index contributed by atoms with van der Waals surface area (Å²) >= 11 is 2.13. The predicted molar refractivity (Wildman–Crippen MR) is 74.2 cm³/mol. The summed E-state index contributed by atoms with van der Waals surface area (Å²) in [7, 11) is 0.